The van der Waals surface area contributed by atoms with Gasteiger partial charge in [0.25, 0.3) is 5.91 Å². The van der Waals surface area contributed by atoms with Crippen LogP contribution in [-0.4, -0.2) is 11.7 Å². The zero-order chi connectivity index (χ0) is 17.0. The molecule has 1 aromatic heterocycles. The zero-order valence-corrected chi connectivity index (χ0v) is 13.1. The molecule has 1 heterocycles. The third kappa shape index (κ3) is 3.74. The maximum Gasteiger partial charge on any atom is 0.250 e. The van der Waals surface area contributed by atoms with Crippen LogP contribution in [0.25, 0.3) is 6.08 Å². The second-order valence-corrected chi connectivity index (χ2v) is 5.14. The molecular formula is C18H16N2O3. The lowest BCUT2D eigenvalue weighted by Crippen LogP contribution is -2.08. The summed E-state index contributed by atoms with van der Waals surface area (Å²) < 4.78 is 5.33. The number of anilines is 1. The third-order valence-corrected chi connectivity index (χ3v) is 3.29. The summed E-state index contributed by atoms with van der Waals surface area (Å²) in [6.07, 6.45) is 3.00. The number of rotatable bonds is 4. The smallest absolute Gasteiger partial charge is 0.250 e. The number of hydrogen-bond donors (Lipinski definition) is 1. The molecule has 5 heteroatoms. The number of aryl methyl sites for hydroxylation is 2. The Bertz CT molecular complexity index is 821. The van der Waals surface area contributed by atoms with Crippen molar-refractivity contribution in [2.24, 2.45) is 0 Å². The second kappa shape index (κ2) is 6.75. The molecule has 0 unspecified atom stereocenters. The van der Waals surface area contributed by atoms with Crippen LogP contribution in [0.4, 0.5) is 5.88 Å². The van der Waals surface area contributed by atoms with Gasteiger partial charge in [0.2, 0.25) is 5.88 Å². The van der Waals surface area contributed by atoms with E-state index in [2.05, 4.69) is 5.32 Å². The van der Waals surface area contributed by atoms with Gasteiger partial charge < -0.3 is 4.42 Å². The first-order valence-corrected chi connectivity index (χ1v) is 7.02. The molecule has 0 aliphatic heterocycles. The summed E-state index contributed by atoms with van der Waals surface area (Å²) >= 11 is 0. The molecule has 0 radical (unpaired) electrons. The molecule has 1 N–H and O–H groups in total. The molecule has 116 valence electrons. The number of carbonyl (C=O) groups excluding carboxylic acids is 2. The first kappa shape index (κ1) is 16.2. The van der Waals surface area contributed by atoms with Crippen LogP contribution in [0.3, 0.4) is 0 Å². The van der Waals surface area contributed by atoms with Gasteiger partial charge in [-0.05, 0) is 32.4 Å². The molecule has 1 aromatic carbocycles. The van der Waals surface area contributed by atoms with Gasteiger partial charge in [0, 0.05) is 6.08 Å². The van der Waals surface area contributed by atoms with Crippen molar-refractivity contribution >= 4 is 23.7 Å². The number of hydrogen-bond acceptors (Lipinski definition) is 4. The van der Waals surface area contributed by atoms with Gasteiger partial charge in [-0.15, -0.1) is 0 Å². The fraction of sp³-hybridized carbons (Fsp3) is 0.167. The average Bonchev–Trinajstić information content (AvgIpc) is 2.82. The molecule has 0 bridgehead atoms. The quantitative estimate of drug-likeness (QED) is 0.690. The Labute approximate surface area is 134 Å². The van der Waals surface area contributed by atoms with E-state index in [1.165, 1.54) is 13.0 Å². The van der Waals surface area contributed by atoms with E-state index >= 15 is 0 Å². The van der Waals surface area contributed by atoms with Gasteiger partial charge in [0.15, 0.2) is 5.78 Å². The van der Waals surface area contributed by atoms with Gasteiger partial charge in [-0.2, -0.15) is 5.26 Å². The molecule has 0 aliphatic carbocycles. The van der Waals surface area contributed by atoms with Crippen molar-refractivity contribution in [3.63, 3.8) is 0 Å². The number of benzene rings is 1. The molecular weight excluding hydrogens is 292 g/mol. The fourth-order valence-electron chi connectivity index (χ4n) is 2.17. The van der Waals surface area contributed by atoms with Gasteiger partial charge in [0.05, 0.1) is 5.56 Å². The molecule has 0 atom stereocenters. The Morgan fingerprint density at radius 2 is 1.87 bits per heavy atom. The highest BCUT2D eigenvalue weighted by atomic mass is 16.4. The van der Waals surface area contributed by atoms with Crippen LogP contribution in [0.2, 0.25) is 0 Å². The standard InChI is InChI=1S/C18H16N2O3/c1-11-4-6-14(7-5-11)8-9-16(22)20-18-15(10-19)17(12(2)21)13(3)23-18/h4-9H,1-3H3,(H,20,22)/b9-8+. The van der Waals surface area contributed by atoms with Crippen molar-refractivity contribution in [3.8, 4) is 6.07 Å². The summed E-state index contributed by atoms with van der Waals surface area (Å²) in [5, 5.41) is 11.7. The highest BCUT2D eigenvalue weighted by Crippen LogP contribution is 2.26. The van der Waals surface area contributed by atoms with E-state index in [4.69, 9.17) is 4.42 Å². The predicted molar refractivity (Wildman–Crippen MR) is 87.0 cm³/mol. The maximum absolute atomic E-state index is 12.0. The third-order valence-electron chi connectivity index (χ3n) is 3.29. The van der Waals surface area contributed by atoms with E-state index in [1.807, 2.05) is 37.3 Å². The Hall–Kier alpha value is -3.13. The van der Waals surface area contributed by atoms with Crippen LogP contribution >= 0.6 is 0 Å². The summed E-state index contributed by atoms with van der Waals surface area (Å²) in [6.45, 7) is 4.91. The van der Waals surface area contributed by atoms with Gasteiger partial charge in [-0.25, -0.2) is 0 Å². The molecule has 2 rings (SSSR count). The van der Waals surface area contributed by atoms with E-state index in [0.717, 1.165) is 11.1 Å². The minimum atomic E-state index is -0.439. The lowest BCUT2D eigenvalue weighted by Gasteiger charge is -1.98. The largest absolute Gasteiger partial charge is 0.443 e. The maximum atomic E-state index is 12.0. The molecule has 23 heavy (non-hydrogen) atoms. The van der Waals surface area contributed by atoms with Gasteiger partial charge in [0.1, 0.15) is 17.4 Å². The van der Waals surface area contributed by atoms with E-state index in [-0.39, 0.29) is 22.8 Å². The Morgan fingerprint density at radius 3 is 2.43 bits per heavy atom. The molecule has 0 saturated heterocycles. The first-order valence-electron chi connectivity index (χ1n) is 7.02. The van der Waals surface area contributed by atoms with E-state index in [1.54, 1.807) is 13.0 Å². The molecule has 0 aliphatic rings. The normalized spacial score (nSPS) is 10.5. The Balaban J connectivity index is 2.18. The monoisotopic (exact) mass is 308 g/mol. The van der Waals surface area contributed by atoms with Crippen LogP contribution in [0, 0.1) is 25.2 Å². The summed E-state index contributed by atoms with van der Waals surface area (Å²) in [7, 11) is 0. The van der Waals surface area contributed by atoms with Crippen LogP contribution in [0.5, 0.6) is 0 Å². The van der Waals surface area contributed by atoms with Gasteiger partial charge in [-0.3, -0.25) is 14.9 Å². The second-order valence-electron chi connectivity index (χ2n) is 5.14. The Morgan fingerprint density at radius 1 is 1.22 bits per heavy atom. The number of amides is 1. The highest BCUT2D eigenvalue weighted by molar-refractivity contribution is 6.04. The highest BCUT2D eigenvalue weighted by Gasteiger charge is 2.21. The van der Waals surface area contributed by atoms with E-state index in [9.17, 15) is 14.9 Å². The van der Waals surface area contributed by atoms with Crippen molar-refractivity contribution in [3.05, 3.63) is 58.4 Å². The van der Waals surface area contributed by atoms with E-state index < -0.39 is 5.91 Å². The van der Waals surface area contributed by atoms with Gasteiger partial charge in [-0.1, -0.05) is 29.8 Å². The lowest BCUT2D eigenvalue weighted by atomic mass is 10.1. The summed E-state index contributed by atoms with van der Waals surface area (Å²) in [5.41, 5.74) is 2.26. The van der Waals surface area contributed by atoms with Gasteiger partial charge >= 0.3 is 0 Å². The number of furan rings is 1. The molecule has 5 nitrogen and oxygen atoms in total. The summed E-state index contributed by atoms with van der Waals surface area (Å²) in [5.74, 6) is -0.412. The number of nitriles is 1. The number of nitrogens with zero attached hydrogens (tertiary/aromatic N) is 1. The topological polar surface area (TPSA) is 83.1 Å². The lowest BCUT2D eigenvalue weighted by molar-refractivity contribution is -0.111. The summed E-state index contributed by atoms with van der Waals surface area (Å²) in [4.78, 5) is 23.5. The van der Waals surface area contributed by atoms with E-state index in [0.29, 0.717) is 5.76 Å². The van der Waals surface area contributed by atoms with Crippen molar-refractivity contribution in [2.75, 3.05) is 5.32 Å². The molecule has 1 amide bonds. The van der Waals surface area contributed by atoms with Crippen LogP contribution in [-0.2, 0) is 4.79 Å². The van der Waals surface area contributed by atoms with Crippen molar-refractivity contribution in [1.82, 2.24) is 0 Å². The van der Waals surface area contributed by atoms with Crippen LogP contribution in [0.15, 0.2) is 34.8 Å². The SMILES string of the molecule is CC(=O)c1c(C)oc(NC(=O)/C=C/c2ccc(C)cc2)c1C#N. The zero-order valence-electron chi connectivity index (χ0n) is 13.1. The first-order chi connectivity index (χ1) is 10.9. The molecule has 2 aromatic rings. The van der Waals surface area contributed by atoms with Crippen LogP contribution < -0.4 is 5.32 Å². The summed E-state index contributed by atoms with van der Waals surface area (Å²) in [6, 6.07) is 9.58. The number of Topliss-reactive ketones (excluding diaryl/α,β-unsaturated/α-hetero) is 1. The average molecular weight is 308 g/mol. The van der Waals surface area contributed by atoms with Crippen molar-refractivity contribution in [2.45, 2.75) is 20.8 Å². The number of nitrogens with one attached hydrogen (secondary N) is 1. The molecule has 0 saturated carbocycles. The van der Waals surface area contributed by atoms with Crippen molar-refractivity contribution < 1.29 is 14.0 Å². The van der Waals surface area contributed by atoms with Crippen LogP contribution in [0.1, 0.15) is 39.7 Å². The molecule has 0 spiro atoms. The number of ketones is 1. The Kier molecular flexibility index (Phi) is 4.77. The predicted octanol–water partition coefficient (Wildman–Crippen LogP) is 3.62. The fourth-order valence-corrected chi connectivity index (χ4v) is 2.17. The minimum absolute atomic E-state index is 0.00578. The van der Waals surface area contributed by atoms with Crippen molar-refractivity contribution in [1.29, 1.82) is 5.26 Å². The number of carbonyl (C=O) groups is 2. The molecule has 0 fully saturated rings. The minimum Gasteiger partial charge on any atom is -0.443 e.